The summed E-state index contributed by atoms with van der Waals surface area (Å²) >= 11 is 0. The average molecular weight is 419 g/mol. The van der Waals surface area contributed by atoms with Gasteiger partial charge in [-0.1, -0.05) is 24.3 Å². The Kier molecular flexibility index (Phi) is 4.55. The summed E-state index contributed by atoms with van der Waals surface area (Å²) in [7, 11) is -1.92. The second-order valence-electron chi connectivity index (χ2n) is 7.63. The first kappa shape index (κ1) is 18.8. The van der Waals surface area contributed by atoms with Crippen LogP contribution in [-0.2, 0) is 17.1 Å². The Labute approximate surface area is 175 Å². The van der Waals surface area contributed by atoms with E-state index < -0.39 is 10.0 Å². The van der Waals surface area contributed by atoms with E-state index in [4.69, 9.17) is 0 Å². The van der Waals surface area contributed by atoms with Crippen molar-refractivity contribution in [1.29, 1.82) is 0 Å². The molecule has 152 valence electrons. The molecule has 4 aromatic rings. The third-order valence-corrected chi connectivity index (χ3v) is 7.25. The van der Waals surface area contributed by atoms with Gasteiger partial charge in [0.05, 0.1) is 11.1 Å². The van der Waals surface area contributed by atoms with Crippen LogP contribution in [0.15, 0.2) is 72.2 Å². The monoisotopic (exact) mass is 418 g/mol. The fraction of sp³-hybridized carbons (Fsp3) is 0.217. The topological polar surface area (TPSA) is 69.8 Å². The summed E-state index contributed by atoms with van der Waals surface area (Å²) < 4.78 is 29.8. The number of fused-ring (bicyclic) bond motifs is 1. The van der Waals surface area contributed by atoms with Crippen molar-refractivity contribution in [3.05, 3.63) is 72.8 Å². The molecule has 0 bridgehead atoms. The summed E-state index contributed by atoms with van der Waals surface area (Å²) in [6.45, 7) is 0. The third-order valence-electron chi connectivity index (χ3n) is 5.59. The lowest BCUT2D eigenvalue weighted by Gasteiger charge is -2.13. The van der Waals surface area contributed by atoms with Crippen molar-refractivity contribution in [3.63, 3.8) is 0 Å². The molecular formula is C23H22N4O2S. The van der Waals surface area contributed by atoms with E-state index in [9.17, 15) is 8.42 Å². The second kappa shape index (κ2) is 7.25. The molecule has 0 saturated carbocycles. The molecule has 0 amide bonds. The molecule has 7 heteroatoms. The van der Waals surface area contributed by atoms with Crippen molar-refractivity contribution in [1.82, 2.24) is 18.7 Å². The molecule has 0 spiro atoms. The molecule has 5 rings (SSSR count). The van der Waals surface area contributed by atoms with Crippen LogP contribution in [0.25, 0.3) is 27.7 Å². The first-order valence-electron chi connectivity index (χ1n) is 10.0. The predicted octanol–water partition coefficient (Wildman–Crippen LogP) is 4.63. The molecular weight excluding hydrogens is 396 g/mol. The van der Waals surface area contributed by atoms with Gasteiger partial charge in [0.15, 0.2) is 5.65 Å². The second-order valence-corrected chi connectivity index (χ2v) is 9.44. The van der Waals surface area contributed by atoms with Gasteiger partial charge in [-0.05, 0) is 55.0 Å². The Morgan fingerprint density at radius 3 is 2.53 bits per heavy atom. The minimum Gasteiger partial charge on any atom is -0.275 e. The highest BCUT2D eigenvalue weighted by molar-refractivity contribution is 7.90. The molecule has 1 aliphatic rings. The molecule has 0 unspecified atom stereocenters. The Morgan fingerprint density at radius 2 is 1.83 bits per heavy atom. The molecule has 1 aromatic carbocycles. The number of pyridine rings is 1. The van der Waals surface area contributed by atoms with E-state index in [-0.39, 0.29) is 4.90 Å². The molecule has 6 nitrogen and oxygen atoms in total. The highest BCUT2D eigenvalue weighted by atomic mass is 32.2. The van der Waals surface area contributed by atoms with E-state index in [0.717, 1.165) is 34.9 Å². The van der Waals surface area contributed by atoms with Crippen LogP contribution in [0.1, 0.15) is 31.2 Å². The molecule has 0 N–H and O–H groups in total. The maximum atomic E-state index is 13.4. The minimum absolute atomic E-state index is 0.237. The number of allylic oxidation sites excluding steroid dienone is 2. The Morgan fingerprint density at radius 1 is 1.00 bits per heavy atom. The van der Waals surface area contributed by atoms with Gasteiger partial charge >= 0.3 is 0 Å². The summed E-state index contributed by atoms with van der Waals surface area (Å²) in [6, 6.07) is 10.5. The van der Waals surface area contributed by atoms with Crippen LogP contribution in [-0.4, -0.2) is 27.2 Å². The van der Waals surface area contributed by atoms with Gasteiger partial charge in [-0.25, -0.2) is 17.4 Å². The zero-order chi connectivity index (χ0) is 20.7. The minimum atomic E-state index is -3.77. The maximum absolute atomic E-state index is 13.4. The molecule has 0 radical (unpaired) electrons. The van der Waals surface area contributed by atoms with Gasteiger partial charge in [0.25, 0.3) is 10.0 Å². The van der Waals surface area contributed by atoms with Crippen LogP contribution in [0.2, 0.25) is 0 Å². The number of aryl methyl sites for hydroxylation is 1. The smallest absolute Gasteiger partial charge is 0.269 e. The number of hydrogen-bond donors (Lipinski definition) is 0. The third kappa shape index (κ3) is 3.15. The van der Waals surface area contributed by atoms with E-state index in [1.54, 1.807) is 53.6 Å². The zero-order valence-corrected chi connectivity index (χ0v) is 17.5. The molecule has 30 heavy (non-hydrogen) atoms. The van der Waals surface area contributed by atoms with Crippen LogP contribution in [0, 0.1) is 0 Å². The SMILES string of the molecule is Cn1cc(-c2cn(S(=O)(=O)c3ccccc3)c3ncc(C4=CCCCC4)cc23)cn1. The van der Waals surface area contributed by atoms with Gasteiger partial charge in [-0.3, -0.25) is 4.68 Å². The van der Waals surface area contributed by atoms with Gasteiger partial charge in [0.2, 0.25) is 0 Å². The van der Waals surface area contributed by atoms with E-state index in [1.807, 2.05) is 13.2 Å². The molecule has 0 atom stereocenters. The quantitative estimate of drug-likeness (QED) is 0.484. The molecule has 1 aliphatic carbocycles. The van der Waals surface area contributed by atoms with E-state index >= 15 is 0 Å². The number of aromatic nitrogens is 4. The summed E-state index contributed by atoms with van der Waals surface area (Å²) in [6.07, 6.45) is 13.9. The largest absolute Gasteiger partial charge is 0.275 e. The van der Waals surface area contributed by atoms with Crippen molar-refractivity contribution in [2.75, 3.05) is 0 Å². The van der Waals surface area contributed by atoms with Crippen molar-refractivity contribution < 1.29 is 8.42 Å². The fourth-order valence-electron chi connectivity index (χ4n) is 4.03. The van der Waals surface area contributed by atoms with Crippen LogP contribution >= 0.6 is 0 Å². The lowest BCUT2D eigenvalue weighted by atomic mass is 9.94. The Balaban J connectivity index is 1.75. The molecule has 3 heterocycles. The Hall–Kier alpha value is -3.19. The van der Waals surface area contributed by atoms with Crippen molar-refractivity contribution >= 4 is 26.6 Å². The number of benzene rings is 1. The standard InChI is InChI=1S/C23H22N4O2S/c1-26-15-19(14-25-26)22-16-27(30(28,29)20-10-6-3-7-11-20)23-21(22)12-18(13-24-23)17-8-4-2-5-9-17/h3,6-8,10-16H,2,4-5,9H2,1H3. The normalized spacial score (nSPS) is 14.8. The maximum Gasteiger partial charge on any atom is 0.269 e. The van der Waals surface area contributed by atoms with Gasteiger partial charge in [0.1, 0.15) is 0 Å². The average Bonchev–Trinajstić information content (AvgIpc) is 3.38. The van der Waals surface area contributed by atoms with E-state index in [0.29, 0.717) is 5.65 Å². The van der Waals surface area contributed by atoms with Gasteiger partial charge in [-0.15, -0.1) is 0 Å². The van der Waals surface area contributed by atoms with Crippen molar-refractivity contribution in [2.45, 2.75) is 30.6 Å². The van der Waals surface area contributed by atoms with Crippen LogP contribution < -0.4 is 0 Å². The van der Waals surface area contributed by atoms with Gasteiger partial charge in [-0.2, -0.15) is 5.10 Å². The highest BCUT2D eigenvalue weighted by Crippen LogP contribution is 2.35. The first-order chi connectivity index (χ1) is 14.5. The lowest BCUT2D eigenvalue weighted by Crippen LogP contribution is -2.12. The molecule has 3 aromatic heterocycles. The first-order valence-corrected chi connectivity index (χ1v) is 11.5. The van der Waals surface area contributed by atoms with Crippen molar-refractivity contribution in [2.24, 2.45) is 7.05 Å². The van der Waals surface area contributed by atoms with Crippen molar-refractivity contribution in [3.8, 4) is 11.1 Å². The van der Waals surface area contributed by atoms with E-state index in [2.05, 4.69) is 22.2 Å². The fourth-order valence-corrected chi connectivity index (χ4v) is 5.38. The van der Waals surface area contributed by atoms with Crippen LogP contribution in [0.3, 0.4) is 0 Å². The highest BCUT2D eigenvalue weighted by Gasteiger charge is 2.23. The summed E-state index contributed by atoms with van der Waals surface area (Å²) in [5, 5.41) is 5.08. The van der Waals surface area contributed by atoms with Gasteiger partial charge < -0.3 is 0 Å². The van der Waals surface area contributed by atoms with Crippen LogP contribution in [0.5, 0.6) is 0 Å². The number of hydrogen-bond acceptors (Lipinski definition) is 4. The molecule has 0 fully saturated rings. The summed E-state index contributed by atoms with van der Waals surface area (Å²) in [4.78, 5) is 4.85. The summed E-state index contributed by atoms with van der Waals surface area (Å²) in [5.41, 5.74) is 4.44. The summed E-state index contributed by atoms with van der Waals surface area (Å²) in [5.74, 6) is 0. The molecule has 0 aliphatic heterocycles. The zero-order valence-electron chi connectivity index (χ0n) is 16.7. The van der Waals surface area contributed by atoms with Crippen LogP contribution in [0.4, 0.5) is 0 Å². The number of nitrogens with zero attached hydrogens (tertiary/aromatic N) is 4. The molecule has 0 saturated heterocycles. The lowest BCUT2D eigenvalue weighted by molar-refractivity contribution is 0.589. The number of rotatable bonds is 4. The van der Waals surface area contributed by atoms with Gasteiger partial charge in [0, 0.05) is 42.2 Å². The predicted molar refractivity (Wildman–Crippen MR) is 117 cm³/mol. The Bertz CT molecular complexity index is 1360. The van der Waals surface area contributed by atoms with E-state index in [1.165, 1.54) is 22.4 Å².